The number of fused-ring (bicyclic) bond motifs is 1. The number of aryl methyl sites for hydroxylation is 2. The molecule has 5 rings (SSSR count). The number of nitrogens with two attached hydrogens (primary N) is 1. The van der Waals surface area contributed by atoms with Gasteiger partial charge >= 0.3 is 0 Å². The van der Waals surface area contributed by atoms with Crippen LogP contribution in [0.25, 0.3) is 22.0 Å². The third kappa shape index (κ3) is 3.93. The van der Waals surface area contributed by atoms with Crippen molar-refractivity contribution < 1.29 is 9.32 Å². The van der Waals surface area contributed by atoms with Crippen molar-refractivity contribution in [1.29, 1.82) is 0 Å². The minimum absolute atomic E-state index is 0.174. The fourth-order valence-corrected chi connectivity index (χ4v) is 3.98. The number of nitrogens with one attached hydrogen (secondary N) is 1. The van der Waals surface area contributed by atoms with E-state index in [2.05, 4.69) is 30.4 Å². The summed E-state index contributed by atoms with van der Waals surface area (Å²) in [7, 11) is 0. The number of hydrogen-bond acceptors (Lipinski definition) is 8. The van der Waals surface area contributed by atoms with Gasteiger partial charge in [-0.05, 0) is 62.8 Å². The molecule has 0 unspecified atom stereocenters. The monoisotopic (exact) mass is 441 g/mol. The lowest BCUT2D eigenvalue weighted by atomic mass is 9.77. The van der Waals surface area contributed by atoms with Crippen LogP contribution in [-0.4, -0.2) is 31.0 Å². The number of nitrogens with zero attached hydrogens (tertiary/aromatic N) is 5. The molecule has 1 amide bonds. The number of aromatic nitrogens is 5. The zero-order valence-corrected chi connectivity index (χ0v) is 18.6. The molecule has 0 saturated heterocycles. The highest BCUT2D eigenvalue weighted by Gasteiger charge is 2.32. The van der Waals surface area contributed by atoms with Crippen LogP contribution < -0.4 is 11.1 Å². The van der Waals surface area contributed by atoms with Gasteiger partial charge in [-0.1, -0.05) is 10.7 Å². The summed E-state index contributed by atoms with van der Waals surface area (Å²) in [5.74, 6) is 2.08. The Morgan fingerprint density at radius 1 is 1.18 bits per heavy atom. The molecule has 9 nitrogen and oxygen atoms in total. The summed E-state index contributed by atoms with van der Waals surface area (Å²) in [6.45, 7) is 5.62. The summed E-state index contributed by atoms with van der Waals surface area (Å²) in [5.41, 5.74) is 10.6. The molecule has 4 aromatic heterocycles. The second-order valence-electron chi connectivity index (χ2n) is 8.34. The molecule has 0 bridgehead atoms. The van der Waals surface area contributed by atoms with E-state index in [-0.39, 0.29) is 11.8 Å². The molecule has 0 aliphatic heterocycles. The molecule has 4 aromatic rings. The Hall–Kier alpha value is -4.14. The van der Waals surface area contributed by atoms with Crippen molar-refractivity contribution in [2.75, 3.05) is 11.1 Å². The van der Waals surface area contributed by atoms with E-state index >= 15 is 0 Å². The minimum atomic E-state index is -0.178. The van der Waals surface area contributed by atoms with Crippen molar-refractivity contribution in [2.24, 2.45) is 0 Å². The van der Waals surface area contributed by atoms with Gasteiger partial charge < -0.3 is 15.6 Å². The SMILES string of the molecule is CC(C(=O)Nc1cc2cc(-c3cnccc3C)nc(N)c2cn1)=C1CC(c2nc(C)no2)C1. The number of anilines is 2. The number of pyridine rings is 3. The van der Waals surface area contributed by atoms with Gasteiger partial charge in [0.15, 0.2) is 5.82 Å². The van der Waals surface area contributed by atoms with E-state index in [1.807, 2.05) is 32.0 Å². The molecule has 0 radical (unpaired) electrons. The highest BCUT2D eigenvalue weighted by molar-refractivity contribution is 6.04. The van der Waals surface area contributed by atoms with E-state index in [0.29, 0.717) is 28.9 Å². The van der Waals surface area contributed by atoms with Crippen LogP contribution in [0.3, 0.4) is 0 Å². The molecule has 0 aromatic carbocycles. The molecule has 4 heterocycles. The second-order valence-corrected chi connectivity index (χ2v) is 8.34. The van der Waals surface area contributed by atoms with Crippen molar-refractivity contribution in [2.45, 2.75) is 39.5 Å². The van der Waals surface area contributed by atoms with E-state index in [1.165, 1.54) is 0 Å². The number of nitrogen functional groups attached to an aromatic ring is 1. The Bertz CT molecular complexity index is 1420. The van der Waals surface area contributed by atoms with Crippen LogP contribution in [0.5, 0.6) is 0 Å². The normalized spacial score (nSPS) is 15.4. The molecule has 9 heteroatoms. The van der Waals surface area contributed by atoms with Crippen molar-refractivity contribution in [3.63, 3.8) is 0 Å². The Balaban J connectivity index is 1.36. The van der Waals surface area contributed by atoms with Crippen LogP contribution in [-0.2, 0) is 4.79 Å². The fraction of sp³-hybridized carbons (Fsp3) is 0.250. The lowest BCUT2D eigenvalue weighted by Crippen LogP contribution is -2.21. The predicted octanol–water partition coefficient (Wildman–Crippen LogP) is 4.11. The van der Waals surface area contributed by atoms with Gasteiger partial charge in [-0.25, -0.2) is 9.97 Å². The standard InChI is InChI=1S/C24H23N7O2/c1-12-4-5-26-10-18(12)20-8-16-9-21(27-11-19(16)22(25)29-20)30-23(32)13(2)15-6-17(7-15)24-28-14(3)31-33-24/h4-5,8-11,17H,6-7H2,1-3H3,(H2,25,29)(H,27,30,32). The summed E-state index contributed by atoms with van der Waals surface area (Å²) < 4.78 is 5.24. The number of amides is 1. The average molecular weight is 441 g/mol. The minimum Gasteiger partial charge on any atom is -0.383 e. The molecule has 33 heavy (non-hydrogen) atoms. The molecule has 1 aliphatic carbocycles. The summed E-state index contributed by atoms with van der Waals surface area (Å²) in [6.07, 6.45) is 6.62. The van der Waals surface area contributed by atoms with Crippen LogP contribution in [0.15, 0.2) is 52.5 Å². The molecule has 0 atom stereocenters. The van der Waals surface area contributed by atoms with Gasteiger partial charge in [-0.2, -0.15) is 4.98 Å². The van der Waals surface area contributed by atoms with Gasteiger partial charge in [-0.15, -0.1) is 0 Å². The molecule has 1 fully saturated rings. The summed E-state index contributed by atoms with van der Waals surface area (Å²) >= 11 is 0. The maximum absolute atomic E-state index is 12.8. The van der Waals surface area contributed by atoms with E-state index < -0.39 is 0 Å². The third-order valence-electron chi connectivity index (χ3n) is 6.05. The van der Waals surface area contributed by atoms with E-state index in [0.717, 1.165) is 46.0 Å². The van der Waals surface area contributed by atoms with Crippen molar-refractivity contribution in [1.82, 2.24) is 25.1 Å². The topological polar surface area (TPSA) is 133 Å². The Morgan fingerprint density at radius 3 is 2.73 bits per heavy atom. The van der Waals surface area contributed by atoms with Gasteiger partial charge in [0.05, 0.1) is 5.69 Å². The molecule has 3 N–H and O–H groups in total. The molecule has 0 spiro atoms. The van der Waals surface area contributed by atoms with Crippen LogP contribution in [0, 0.1) is 13.8 Å². The predicted molar refractivity (Wildman–Crippen MR) is 124 cm³/mol. The molecule has 166 valence electrons. The summed E-state index contributed by atoms with van der Waals surface area (Å²) in [5, 5.41) is 8.30. The maximum Gasteiger partial charge on any atom is 0.252 e. The number of allylic oxidation sites excluding steroid dienone is 1. The molecular formula is C24H23N7O2. The van der Waals surface area contributed by atoms with E-state index in [1.54, 1.807) is 25.5 Å². The molecule has 1 aliphatic rings. The molecule has 1 saturated carbocycles. The first-order valence-electron chi connectivity index (χ1n) is 10.7. The Labute approximate surface area is 190 Å². The number of carbonyl (C=O) groups excluding carboxylic acids is 1. The van der Waals surface area contributed by atoms with E-state index in [9.17, 15) is 4.79 Å². The highest BCUT2D eigenvalue weighted by atomic mass is 16.5. The van der Waals surface area contributed by atoms with Crippen LogP contribution in [0.2, 0.25) is 0 Å². The average Bonchev–Trinajstić information content (AvgIpc) is 3.18. The highest BCUT2D eigenvalue weighted by Crippen LogP contribution is 2.42. The van der Waals surface area contributed by atoms with Crippen LogP contribution >= 0.6 is 0 Å². The van der Waals surface area contributed by atoms with Gasteiger partial charge in [-0.3, -0.25) is 9.78 Å². The fourth-order valence-electron chi connectivity index (χ4n) is 3.98. The van der Waals surface area contributed by atoms with Gasteiger partial charge in [0.25, 0.3) is 5.91 Å². The Kier molecular flexibility index (Phi) is 5.08. The first kappa shape index (κ1) is 20.7. The smallest absolute Gasteiger partial charge is 0.252 e. The largest absolute Gasteiger partial charge is 0.383 e. The zero-order valence-electron chi connectivity index (χ0n) is 18.6. The van der Waals surface area contributed by atoms with Crippen LogP contribution in [0.1, 0.15) is 43.0 Å². The van der Waals surface area contributed by atoms with Crippen molar-refractivity contribution in [3.8, 4) is 11.3 Å². The van der Waals surface area contributed by atoms with E-state index in [4.69, 9.17) is 10.3 Å². The maximum atomic E-state index is 12.8. The van der Waals surface area contributed by atoms with Crippen molar-refractivity contribution >= 4 is 28.3 Å². The lowest BCUT2D eigenvalue weighted by molar-refractivity contribution is -0.112. The quantitative estimate of drug-likeness (QED) is 0.452. The van der Waals surface area contributed by atoms with Gasteiger partial charge in [0.1, 0.15) is 11.6 Å². The molecular weight excluding hydrogens is 418 g/mol. The lowest BCUT2D eigenvalue weighted by Gasteiger charge is -2.27. The first-order chi connectivity index (χ1) is 15.9. The summed E-state index contributed by atoms with van der Waals surface area (Å²) in [4.78, 5) is 30.2. The zero-order chi connectivity index (χ0) is 23.1. The van der Waals surface area contributed by atoms with Crippen LogP contribution in [0.4, 0.5) is 11.6 Å². The number of rotatable bonds is 4. The number of carbonyl (C=O) groups is 1. The second kappa shape index (κ2) is 8.09. The van der Waals surface area contributed by atoms with Gasteiger partial charge in [0.2, 0.25) is 5.89 Å². The Morgan fingerprint density at radius 2 is 2.00 bits per heavy atom. The van der Waals surface area contributed by atoms with Crippen molar-refractivity contribution in [3.05, 3.63) is 65.2 Å². The first-order valence-corrected chi connectivity index (χ1v) is 10.7. The number of hydrogen-bond donors (Lipinski definition) is 2. The third-order valence-corrected chi connectivity index (χ3v) is 6.05. The van der Waals surface area contributed by atoms with Gasteiger partial charge in [0, 0.05) is 41.0 Å². The summed E-state index contributed by atoms with van der Waals surface area (Å²) in [6, 6.07) is 5.67.